The molecule has 1 aromatic heterocycles. The fourth-order valence-corrected chi connectivity index (χ4v) is 5.75. The summed E-state index contributed by atoms with van der Waals surface area (Å²) in [5, 5.41) is 0.510. The Hall–Kier alpha value is -2.77. The summed E-state index contributed by atoms with van der Waals surface area (Å²) in [5.41, 5.74) is 1.58. The number of carbonyl (C=O) groups excluding carboxylic acids is 1. The maximum atomic E-state index is 13.6. The SMILES string of the molecule is CC.COc1ccc(C)cc1[C@@]1(C(=O)CS(=O)(=O)c2cccc3nc(C)ccc23)CCCO1. The molecule has 0 spiro atoms. The van der Waals surface area contributed by atoms with Crippen molar-refractivity contribution in [1.29, 1.82) is 0 Å². The molecule has 0 unspecified atom stereocenters. The topological polar surface area (TPSA) is 82.6 Å². The Morgan fingerprint density at radius 3 is 2.55 bits per heavy atom. The van der Waals surface area contributed by atoms with Crippen LogP contribution < -0.4 is 4.74 Å². The molecular weight excluding hydrogens is 438 g/mol. The fourth-order valence-electron chi connectivity index (χ4n) is 4.23. The van der Waals surface area contributed by atoms with E-state index < -0.39 is 27.0 Å². The van der Waals surface area contributed by atoms with Gasteiger partial charge in [0.05, 0.1) is 17.5 Å². The van der Waals surface area contributed by atoms with Crippen LogP contribution in [0, 0.1) is 13.8 Å². The number of Topliss-reactive ketones (excluding diaryl/α,β-unsaturated/α-hetero) is 1. The van der Waals surface area contributed by atoms with Gasteiger partial charge in [-0.05, 0) is 63.1 Å². The minimum atomic E-state index is -3.92. The van der Waals surface area contributed by atoms with Crippen LogP contribution in [0.5, 0.6) is 5.75 Å². The Balaban J connectivity index is 0.00000149. The second-order valence-corrected chi connectivity index (χ2v) is 9.90. The molecule has 33 heavy (non-hydrogen) atoms. The number of sulfone groups is 1. The van der Waals surface area contributed by atoms with Gasteiger partial charge in [-0.2, -0.15) is 0 Å². The van der Waals surface area contributed by atoms with Gasteiger partial charge in [-0.1, -0.05) is 31.5 Å². The van der Waals surface area contributed by atoms with Crippen molar-refractivity contribution in [2.24, 2.45) is 0 Å². The lowest BCUT2D eigenvalue weighted by Gasteiger charge is -2.29. The number of ketones is 1. The average molecular weight is 470 g/mol. The van der Waals surface area contributed by atoms with Crippen molar-refractivity contribution in [3.63, 3.8) is 0 Å². The molecule has 1 aliphatic heterocycles. The number of benzene rings is 2. The van der Waals surface area contributed by atoms with Gasteiger partial charge in [-0.3, -0.25) is 9.78 Å². The van der Waals surface area contributed by atoms with E-state index in [2.05, 4.69) is 4.98 Å². The minimum absolute atomic E-state index is 0.107. The average Bonchev–Trinajstić information content (AvgIpc) is 3.31. The minimum Gasteiger partial charge on any atom is -0.496 e. The number of carbonyl (C=O) groups is 1. The lowest BCUT2D eigenvalue weighted by atomic mass is 9.85. The molecule has 0 aliphatic carbocycles. The number of methoxy groups -OCH3 is 1. The summed E-state index contributed by atoms with van der Waals surface area (Å²) in [7, 11) is -2.39. The molecule has 7 heteroatoms. The number of rotatable bonds is 6. The number of hydrogen-bond donors (Lipinski definition) is 0. The number of nitrogens with zero attached hydrogens (tertiary/aromatic N) is 1. The Labute approximate surface area is 195 Å². The van der Waals surface area contributed by atoms with E-state index in [1.807, 2.05) is 39.8 Å². The highest BCUT2D eigenvalue weighted by Crippen LogP contribution is 2.42. The van der Waals surface area contributed by atoms with Crippen LogP contribution in [-0.4, -0.2) is 38.7 Å². The standard InChI is InChI=1S/C24H25NO5S.C2H6/c1-16-8-11-21(29-3)19(14-16)24(12-5-13-30-24)23(26)15-31(27,28)22-7-4-6-20-18(22)10-9-17(2)25-20;1-2/h4,6-11,14H,5,12-13,15H2,1-3H3;1-2H3/t24-;/m1./s1. The van der Waals surface area contributed by atoms with Crippen LogP contribution in [0.2, 0.25) is 0 Å². The van der Waals surface area contributed by atoms with Gasteiger partial charge >= 0.3 is 0 Å². The van der Waals surface area contributed by atoms with E-state index in [0.717, 1.165) is 11.3 Å². The summed E-state index contributed by atoms with van der Waals surface area (Å²) in [5.74, 6) is -0.620. The van der Waals surface area contributed by atoms with Gasteiger partial charge in [0, 0.05) is 23.3 Å². The first kappa shape index (κ1) is 24.9. The summed E-state index contributed by atoms with van der Waals surface area (Å²) in [4.78, 5) is 18.1. The lowest BCUT2D eigenvalue weighted by Crippen LogP contribution is -2.39. The second-order valence-electron chi connectivity index (χ2n) is 7.94. The second kappa shape index (κ2) is 10.0. The molecule has 1 saturated heterocycles. The number of aromatic nitrogens is 1. The Morgan fingerprint density at radius 1 is 1.12 bits per heavy atom. The van der Waals surface area contributed by atoms with E-state index in [1.165, 1.54) is 13.2 Å². The van der Waals surface area contributed by atoms with E-state index in [9.17, 15) is 13.2 Å². The molecule has 0 amide bonds. The van der Waals surface area contributed by atoms with Crippen molar-refractivity contribution in [2.45, 2.75) is 51.0 Å². The Kier molecular flexibility index (Phi) is 7.55. The zero-order chi connectivity index (χ0) is 24.2. The van der Waals surface area contributed by atoms with E-state index in [0.29, 0.717) is 41.7 Å². The molecule has 2 aromatic carbocycles. The van der Waals surface area contributed by atoms with E-state index in [-0.39, 0.29) is 4.90 Å². The molecule has 3 aromatic rings. The first-order valence-corrected chi connectivity index (χ1v) is 12.8. The zero-order valence-electron chi connectivity index (χ0n) is 19.8. The summed E-state index contributed by atoms with van der Waals surface area (Å²) in [6, 6.07) is 14.0. The maximum Gasteiger partial charge on any atom is 0.186 e. The van der Waals surface area contributed by atoms with Gasteiger partial charge in [0.15, 0.2) is 21.2 Å². The van der Waals surface area contributed by atoms with Crippen LogP contribution in [0.1, 0.15) is 43.5 Å². The molecule has 0 saturated carbocycles. The van der Waals surface area contributed by atoms with E-state index in [4.69, 9.17) is 9.47 Å². The number of pyridine rings is 1. The molecule has 4 rings (SSSR count). The smallest absolute Gasteiger partial charge is 0.186 e. The van der Waals surface area contributed by atoms with Gasteiger partial charge in [0.2, 0.25) is 0 Å². The Bertz CT molecular complexity index is 1260. The third kappa shape index (κ3) is 4.80. The van der Waals surface area contributed by atoms with Crippen LogP contribution in [0.3, 0.4) is 0 Å². The highest BCUT2D eigenvalue weighted by molar-refractivity contribution is 7.92. The molecule has 0 N–H and O–H groups in total. The van der Waals surface area contributed by atoms with Crippen molar-refractivity contribution in [3.8, 4) is 5.75 Å². The number of aryl methyl sites for hydroxylation is 2. The molecule has 1 fully saturated rings. The van der Waals surface area contributed by atoms with Crippen molar-refractivity contribution in [2.75, 3.05) is 19.5 Å². The fraction of sp³-hybridized carbons (Fsp3) is 0.385. The molecular formula is C26H31NO5S. The van der Waals surface area contributed by atoms with Crippen molar-refractivity contribution in [3.05, 3.63) is 65.4 Å². The number of fused-ring (bicyclic) bond motifs is 1. The summed E-state index contributed by atoms with van der Waals surface area (Å²) >= 11 is 0. The predicted molar refractivity (Wildman–Crippen MR) is 129 cm³/mol. The Morgan fingerprint density at radius 2 is 1.88 bits per heavy atom. The van der Waals surface area contributed by atoms with E-state index in [1.54, 1.807) is 30.3 Å². The summed E-state index contributed by atoms with van der Waals surface area (Å²) < 4.78 is 38.2. The summed E-state index contributed by atoms with van der Waals surface area (Å²) in [6.07, 6.45) is 1.08. The lowest BCUT2D eigenvalue weighted by molar-refractivity contribution is -0.137. The van der Waals surface area contributed by atoms with Crippen LogP contribution in [-0.2, 0) is 25.0 Å². The normalized spacial score (nSPS) is 18.0. The van der Waals surface area contributed by atoms with Crippen LogP contribution in [0.25, 0.3) is 10.9 Å². The van der Waals surface area contributed by atoms with Crippen LogP contribution >= 0.6 is 0 Å². The first-order chi connectivity index (χ1) is 15.8. The molecule has 176 valence electrons. The van der Waals surface area contributed by atoms with Gasteiger partial charge in [-0.15, -0.1) is 0 Å². The number of ether oxygens (including phenoxy) is 2. The van der Waals surface area contributed by atoms with Gasteiger partial charge in [-0.25, -0.2) is 8.42 Å². The van der Waals surface area contributed by atoms with Crippen LogP contribution in [0.4, 0.5) is 0 Å². The molecule has 1 atom stereocenters. The molecule has 1 aliphatic rings. The van der Waals surface area contributed by atoms with Crippen molar-refractivity contribution >= 4 is 26.5 Å². The monoisotopic (exact) mass is 469 g/mol. The van der Waals surface area contributed by atoms with Crippen LogP contribution in [0.15, 0.2) is 53.4 Å². The van der Waals surface area contributed by atoms with E-state index >= 15 is 0 Å². The van der Waals surface area contributed by atoms with Gasteiger partial charge in [0.1, 0.15) is 11.5 Å². The predicted octanol–water partition coefficient (Wildman–Crippen LogP) is 4.94. The first-order valence-electron chi connectivity index (χ1n) is 11.2. The number of hydrogen-bond acceptors (Lipinski definition) is 6. The van der Waals surface area contributed by atoms with Crippen molar-refractivity contribution < 1.29 is 22.7 Å². The highest BCUT2D eigenvalue weighted by Gasteiger charge is 2.47. The van der Waals surface area contributed by atoms with Gasteiger partial charge < -0.3 is 9.47 Å². The molecule has 0 radical (unpaired) electrons. The molecule has 0 bridgehead atoms. The van der Waals surface area contributed by atoms with Gasteiger partial charge in [0.25, 0.3) is 0 Å². The largest absolute Gasteiger partial charge is 0.496 e. The highest BCUT2D eigenvalue weighted by atomic mass is 32.2. The maximum absolute atomic E-state index is 13.6. The third-order valence-electron chi connectivity index (χ3n) is 5.75. The third-order valence-corrected chi connectivity index (χ3v) is 7.42. The zero-order valence-corrected chi connectivity index (χ0v) is 20.7. The quantitative estimate of drug-likeness (QED) is 0.509. The summed E-state index contributed by atoms with van der Waals surface area (Å²) in [6.45, 7) is 8.15. The molecule has 2 heterocycles. The van der Waals surface area contributed by atoms with Crippen molar-refractivity contribution in [1.82, 2.24) is 4.98 Å². The molecule has 6 nitrogen and oxygen atoms in total.